The number of carbonyl (C=O) groups is 1. The SMILES string of the molecule is COc1cccc(-n2nnc3c(=O)n(CC(=O)Nc4cc(C)on4)cnc32)c1. The Hall–Kier alpha value is -4.02. The maximum atomic E-state index is 12.7. The van der Waals surface area contributed by atoms with E-state index in [2.05, 4.69) is 25.8 Å². The first-order valence-electron chi connectivity index (χ1n) is 8.23. The smallest absolute Gasteiger partial charge is 0.284 e. The maximum absolute atomic E-state index is 12.7. The van der Waals surface area contributed by atoms with E-state index in [1.54, 1.807) is 44.4 Å². The van der Waals surface area contributed by atoms with Gasteiger partial charge in [0.15, 0.2) is 17.0 Å². The standard InChI is InChI=1S/C17H15N7O4/c1-10-6-13(21-28-10)19-14(25)8-23-9-18-16-15(17(23)26)20-22-24(16)11-4-3-5-12(7-11)27-2/h3-7,9H,8H2,1-2H3,(H,19,21,25). The van der Waals surface area contributed by atoms with Gasteiger partial charge in [0.05, 0.1) is 12.8 Å². The Kier molecular flexibility index (Phi) is 4.32. The van der Waals surface area contributed by atoms with Crippen molar-refractivity contribution in [3.05, 3.63) is 52.8 Å². The van der Waals surface area contributed by atoms with E-state index >= 15 is 0 Å². The molecule has 0 aliphatic heterocycles. The van der Waals surface area contributed by atoms with Gasteiger partial charge in [-0.25, -0.2) is 4.98 Å². The summed E-state index contributed by atoms with van der Waals surface area (Å²) >= 11 is 0. The monoisotopic (exact) mass is 381 g/mol. The molecule has 0 spiro atoms. The Labute approximate surface area is 157 Å². The van der Waals surface area contributed by atoms with Gasteiger partial charge in [-0.1, -0.05) is 16.4 Å². The summed E-state index contributed by atoms with van der Waals surface area (Å²) in [6.45, 7) is 1.45. The van der Waals surface area contributed by atoms with E-state index in [9.17, 15) is 9.59 Å². The zero-order chi connectivity index (χ0) is 19.7. The number of hydrogen-bond acceptors (Lipinski definition) is 8. The lowest BCUT2D eigenvalue weighted by Crippen LogP contribution is -2.28. The molecular weight excluding hydrogens is 366 g/mol. The summed E-state index contributed by atoms with van der Waals surface area (Å²) in [6.07, 6.45) is 1.28. The molecule has 0 saturated carbocycles. The summed E-state index contributed by atoms with van der Waals surface area (Å²) in [5.41, 5.74) is 0.494. The number of hydrogen-bond donors (Lipinski definition) is 1. The molecule has 0 atom stereocenters. The van der Waals surface area contributed by atoms with Crippen LogP contribution in [0.25, 0.3) is 16.9 Å². The number of fused-ring (bicyclic) bond motifs is 1. The van der Waals surface area contributed by atoms with Gasteiger partial charge >= 0.3 is 0 Å². The summed E-state index contributed by atoms with van der Waals surface area (Å²) < 4.78 is 12.7. The molecule has 0 bridgehead atoms. The third kappa shape index (κ3) is 3.20. The number of nitrogens with zero attached hydrogens (tertiary/aromatic N) is 6. The lowest BCUT2D eigenvalue weighted by atomic mass is 10.3. The van der Waals surface area contributed by atoms with E-state index in [1.165, 1.54) is 11.0 Å². The highest BCUT2D eigenvalue weighted by molar-refractivity contribution is 5.89. The van der Waals surface area contributed by atoms with Crippen LogP contribution in [-0.2, 0) is 11.3 Å². The fourth-order valence-electron chi connectivity index (χ4n) is 2.64. The summed E-state index contributed by atoms with van der Waals surface area (Å²) in [5.74, 6) is 1.02. The minimum Gasteiger partial charge on any atom is -0.497 e. The first-order valence-corrected chi connectivity index (χ1v) is 8.23. The number of anilines is 1. The fourth-order valence-corrected chi connectivity index (χ4v) is 2.64. The zero-order valence-electron chi connectivity index (χ0n) is 15.0. The second-order valence-corrected chi connectivity index (χ2v) is 5.92. The average Bonchev–Trinajstić information content (AvgIpc) is 3.30. The van der Waals surface area contributed by atoms with Crippen LogP contribution < -0.4 is 15.6 Å². The van der Waals surface area contributed by atoms with E-state index in [-0.39, 0.29) is 23.5 Å². The maximum Gasteiger partial charge on any atom is 0.284 e. The molecule has 0 saturated heterocycles. The van der Waals surface area contributed by atoms with Gasteiger partial charge in [-0.15, -0.1) is 5.10 Å². The number of nitrogens with one attached hydrogen (secondary N) is 1. The molecule has 3 heterocycles. The molecule has 0 aliphatic rings. The molecule has 1 aromatic carbocycles. The van der Waals surface area contributed by atoms with Crippen molar-refractivity contribution >= 4 is 22.9 Å². The second kappa shape index (κ2) is 6.95. The summed E-state index contributed by atoms with van der Waals surface area (Å²) in [4.78, 5) is 29.0. The Morgan fingerprint density at radius 1 is 1.32 bits per heavy atom. The lowest BCUT2D eigenvalue weighted by Gasteiger charge is -2.06. The van der Waals surface area contributed by atoms with Crippen molar-refractivity contribution in [3.63, 3.8) is 0 Å². The molecule has 1 amide bonds. The molecule has 4 aromatic rings. The van der Waals surface area contributed by atoms with Crippen LogP contribution in [0, 0.1) is 6.92 Å². The van der Waals surface area contributed by atoms with E-state index in [0.717, 1.165) is 4.57 Å². The van der Waals surface area contributed by atoms with Crippen molar-refractivity contribution in [2.75, 3.05) is 12.4 Å². The Balaban J connectivity index is 1.63. The van der Waals surface area contributed by atoms with Crippen molar-refractivity contribution in [2.45, 2.75) is 13.5 Å². The Bertz CT molecular complexity index is 1220. The van der Waals surface area contributed by atoms with Gasteiger partial charge in [0, 0.05) is 12.1 Å². The summed E-state index contributed by atoms with van der Waals surface area (Å²) in [6, 6.07) is 8.69. The van der Waals surface area contributed by atoms with Crippen molar-refractivity contribution in [2.24, 2.45) is 0 Å². The Morgan fingerprint density at radius 3 is 2.93 bits per heavy atom. The van der Waals surface area contributed by atoms with Crippen LogP contribution in [0.15, 0.2) is 46.0 Å². The molecule has 4 rings (SSSR count). The largest absolute Gasteiger partial charge is 0.497 e. The van der Waals surface area contributed by atoms with E-state index in [1.807, 2.05) is 0 Å². The van der Waals surface area contributed by atoms with E-state index in [4.69, 9.17) is 9.26 Å². The molecule has 142 valence electrons. The highest BCUT2D eigenvalue weighted by Crippen LogP contribution is 2.17. The van der Waals surface area contributed by atoms with Gasteiger partial charge in [0.25, 0.3) is 5.56 Å². The minimum absolute atomic E-state index is 0.0513. The van der Waals surface area contributed by atoms with Crippen molar-refractivity contribution in [3.8, 4) is 11.4 Å². The summed E-state index contributed by atoms with van der Waals surface area (Å²) in [7, 11) is 1.56. The third-order valence-corrected chi connectivity index (χ3v) is 3.94. The van der Waals surface area contributed by atoms with Crippen LogP contribution in [0.5, 0.6) is 5.75 Å². The minimum atomic E-state index is -0.481. The first-order chi connectivity index (χ1) is 13.5. The van der Waals surface area contributed by atoms with Gasteiger partial charge in [-0.3, -0.25) is 14.2 Å². The van der Waals surface area contributed by atoms with Crippen molar-refractivity contribution in [1.82, 2.24) is 29.7 Å². The molecule has 11 heteroatoms. The normalized spacial score (nSPS) is 10.9. The molecular formula is C17H15N7O4. The zero-order valence-corrected chi connectivity index (χ0v) is 15.0. The van der Waals surface area contributed by atoms with Gasteiger partial charge < -0.3 is 14.6 Å². The van der Waals surface area contributed by atoms with Gasteiger partial charge in [0.2, 0.25) is 5.91 Å². The number of aryl methyl sites for hydroxylation is 1. The number of carbonyl (C=O) groups excluding carboxylic acids is 1. The van der Waals surface area contributed by atoms with Crippen LogP contribution in [-0.4, -0.2) is 42.7 Å². The topological polar surface area (TPSA) is 130 Å². The van der Waals surface area contributed by atoms with Gasteiger partial charge in [-0.2, -0.15) is 4.68 Å². The highest BCUT2D eigenvalue weighted by atomic mass is 16.5. The summed E-state index contributed by atoms with van der Waals surface area (Å²) in [5, 5.41) is 14.1. The molecule has 0 aliphatic carbocycles. The molecule has 0 unspecified atom stereocenters. The first kappa shape index (κ1) is 17.4. The quantitative estimate of drug-likeness (QED) is 0.540. The average molecular weight is 381 g/mol. The molecule has 0 radical (unpaired) electrons. The fraction of sp³-hybridized carbons (Fsp3) is 0.176. The van der Waals surface area contributed by atoms with Crippen molar-refractivity contribution < 1.29 is 14.1 Å². The lowest BCUT2D eigenvalue weighted by molar-refractivity contribution is -0.116. The number of ether oxygens (including phenoxy) is 1. The molecule has 28 heavy (non-hydrogen) atoms. The van der Waals surface area contributed by atoms with Crippen LogP contribution >= 0.6 is 0 Å². The van der Waals surface area contributed by atoms with Gasteiger partial charge in [0.1, 0.15) is 24.4 Å². The van der Waals surface area contributed by atoms with Crippen LogP contribution in [0.2, 0.25) is 0 Å². The predicted octanol–water partition coefficient (Wildman–Crippen LogP) is 0.921. The molecule has 3 aromatic heterocycles. The number of benzene rings is 1. The number of amides is 1. The van der Waals surface area contributed by atoms with Crippen LogP contribution in [0.1, 0.15) is 5.76 Å². The number of methoxy groups -OCH3 is 1. The molecule has 1 N–H and O–H groups in total. The van der Waals surface area contributed by atoms with E-state index < -0.39 is 11.5 Å². The number of aromatic nitrogens is 6. The van der Waals surface area contributed by atoms with Crippen molar-refractivity contribution in [1.29, 1.82) is 0 Å². The number of rotatable bonds is 5. The third-order valence-electron chi connectivity index (χ3n) is 3.94. The molecule has 0 fully saturated rings. The van der Waals surface area contributed by atoms with Crippen LogP contribution in [0.4, 0.5) is 5.82 Å². The van der Waals surface area contributed by atoms with E-state index in [0.29, 0.717) is 17.2 Å². The molecule has 11 nitrogen and oxygen atoms in total. The highest BCUT2D eigenvalue weighted by Gasteiger charge is 2.15. The Morgan fingerprint density at radius 2 is 2.18 bits per heavy atom. The van der Waals surface area contributed by atoms with Crippen LogP contribution in [0.3, 0.4) is 0 Å². The predicted molar refractivity (Wildman–Crippen MR) is 97.3 cm³/mol. The van der Waals surface area contributed by atoms with Gasteiger partial charge in [-0.05, 0) is 19.1 Å². The second-order valence-electron chi connectivity index (χ2n) is 5.92.